The average Bonchev–Trinajstić information content (AvgIpc) is 3.34. The maximum absolute atomic E-state index is 5.39. The minimum Gasteiger partial charge on any atom is -0.496 e. The third kappa shape index (κ3) is 3.21. The smallest absolute Gasteiger partial charge is 0.191 e. The van der Waals surface area contributed by atoms with Gasteiger partial charge in [-0.25, -0.2) is 0 Å². The number of methoxy groups -OCH3 is 1. The van der Waals surface area contributed by atoms with Crippen LogP contribution in [0.5, 0.6) is 5.75 Å². The molecule has 0 aliphatic heterocycles. The van der Waals surface area contributed by atoms with Crippen molar-refractivity contribution in [2.45, 2.75) is 38.6 Å². The average molecular weight is 301 g/mol. The molecule has 2 aliphatic rings. The van der Waals surface area contributed by atoms with Crippen molar-refractivity contribution in [3.8, 4) is 5.75 Å². The molecule has 3 rings (SSSR count). The van der Waals surface area contributed by atoms with Gasteiger partial charge in [-0.15, -0.1) is 0 Å². The van der Waals surface area contributed by atoms with Crippen LogP contribution in [0.25, 0.3) is 0 Å². The molecule has 0 unspecified atom stereocenters. The minimum atomic E-state index is 0.558. The summed E-state index contributed by atoms with van der Waals surface area (Å²) in [6, 6.07) is 8.10. The first-order valence-electron chi connectivity index (χ1n) is 8.34. The molecule has 1 aromatic rings. The molecule has 0 atom stereocenters. The molecular formula is C18H27N3O. The second-order valence-electron chi connectivity index (χ2n) is 6.58. The number of hydrogen-bond donors (Lipinski definition) is 2. The van der Waals surface area contributed by atoms with Crippen LogP contribution in [0.15, 0.2) is 29.3 Å². The number of rotatable bonds is 6. The van der Waals surface area contributed by atoms with E-state index in [1.807, 2.05) is 25.2 Å². The molecule has 0 radical (unpaired) electrons. The predicted octanol–water partition coefficient (Wildman–Crippen LogP) is 2.94. The summed E-state index contributed by atoms with van der Waals surface area (Å²) in [7, 11) is 3.55. The second kappa shape index (κ2) is 6.59. The van der Waals surface area contributed by atoms with Gasteiger partial charge in [-0.05, 0) is 43.1 Å². The van der Waals surface area contributed by atoms with Crippen LogP contribution in [-0.2, 0) is 6.54 Å². The fourth-order valence-electron chi connectivity index (χ4n) is 3.56. The SMILES string of the molecule is CN=C(NCc1ccccc1OC)NCC1(C2CC2)CCC1. The largest absolute Gasteiger partial charge is 0.496 e. The van der Waals surface area contributed by atoms with Crippen LogP contribution in [0.2, 0.25) is 0 Å². The summed E-state index contributed by atoms with van der Waals surface area (Å²) in [4.78, 5) is 4.35. The highest BCUT2D eigenvalue weighted by atomic mass is 16.5. The third-order valence-electron chi connectivity index (χ3n) is 5.26. The van der Waals surface area contributed by atoms with E-state index in [0.29, 0.717) is 5.41 Å². The van der Waals surface area contributed by atoms with Crippen molar-refractivity contribution in [3.63, 3.8) is 0 Å². The first-order chi connectivity index (χ1) is 10.8. The Morgan fingerprint density at radius 1 is 1.27 bits per heavy atom. The van der Waals surface area contributed by atoms with E-state index in [-0.39, 0.29) is 0 Å². The molecule has 0 saturated heterocycles. The summed E-state index contributed by atoms with van der Waals surface area (Å²) in [5, 5.41) is 6.94. The van der Waals surface area contributed by atoms with Crippen LogP contribution in [0.1, 0.15) is 37.7 Å². The number of aliphatic imine (C=N–C) groups is 1. The third-order valence-corrected chi connectivity index (χ3v) is 5.26. The number of nitrogens with zero attached hydrogens (tertiary/aromatic N) is 1. The van der Waals surface area contributed by atoms with Gasteiger partial charge in [-0.3, -0.25) is 4.99 Å². The first-order valence-corrected chi connectivity index (χ1v) is 8.34. The zero-order chi connectivity index (χ0) is 15.4. The van der Waals surface area contributed by atoms with Gasteiger partial charge < -0.3 is 15.4 Å². The van der Waals surface area contributed by atoms with Gasteiger partial charge in [0.25, 0.3) is 0 Å². The summed E-state index contributed by atoms with van der Waals surface area (Å²) in [6.07, 6.45) is 7.01. The van der Waals surface area contributed by atoms with E-state index in [4.69, 9.17) is 4.74 Å². The van der Waals surface area contributed by atoms with E-state index in [9.17, 15) is 0 Å². The number of para-hydroxylation sites is 1. The van der Waals surface area contributed by atoms with Gasteiger partial charge in [0.15, 0.2) is 5.96 Å². The lowest BCUT2D eigenvalue weighted by molar-refractivity contribution is 0.106. The molecular weight excluding hydrogens is 274 g/mol. The van der Waals surface area contributed by atoms with Gasteiger partial charge >= 0.3 is 0 Å². The molecule has 2 fully saturated rings. The molecule has 2 aliphatic carbocycles. The minimum absolute atomic E-state index is 0.558. The first kappa shape index (κ1) is 15.2. The van der Waals surface area contributed by atoms with Crippen LogP contribution >= 0.6 is 0 Å². The van der Waals surface area contributed by atoms with Crippen molar-refractivity contribution in [2.75, 3.05) is 20.7 Å². The van der Waals surface area contributed by atoms with E-state index in [2.05, 4.69) is 21.7 Å². The van der Waals surface area contributed by atoms with Crippen LogP contribution in [-0.4, -0.2) is 26.7 Å². The maximum Gasteiger partial charge on any atom is 0.191 e. The molecule has 0 heterocycles. The fraction of sp³-hybridized carbons (Fsp3) is 0.611. The lowest BCUT2D eigenvalue weighted by atomic mass is 9.65. The lowest BCUT2D eigenvalue weighted by Gasteiger charge is -2.43. The standard InChI is InChI=1S/C18H27N3O/c1-19-17(20-12-14-6-3-4-7-16(14)22-2)21-13-18(10-5-11-18)15-8-9-15/h3-4,6-7,15H,5,8-13H2,1-2H3,(H2,19,20,21). The number of ether oxygens (including phenoxy) is 1. The lowest BCUT2D eigenvalue weighted by Crippen LogP contribution is -2.47. The highest BCUT2D eigenvalue weighted by molar-refractivity contribution is 5.79. The van der Waals surface area contributed by atoms with E-state index >= 15 is 0 Å². The van der Waals surface area contributed by atoms with E-state index in [0.717, 1.165) is 36.3 Å². The van der Waals surface area contributed by atoms with Gasteiger partial charge in [0.2, 0.25) is 0 Å². The Balaban J connectivity index is 1.52. The summed E-state index contributed by atoms with van der Waals surface area (Å²) in [5.74, 6) is 2.76. The number of guanidine groups is 1. The topological polar surface area (TPSA) is 45.7 Å². The van der Waals surface area contributed by atoms with Gasteiger partial charge in [-0.2, -0.15) is 0 Å². The molecule has 0 amide bonds. The fourth-order valence-corrected chi connectivity index (χ4v) is 3.56. The van der Waals surface area contributed by atoms with Crippen molar-refractivity contribution in [1.29, 1.82) is 0 Å². The van der Waals surface area contributed by atoms with Gasteiger partial charge in [0.05, 0.1) is 7.11 Å². The van der Waals surface area contributed by atoms with Gasteiger partial charge in [-0.1, -0.05) is 24.6 Å². The number of benzene rings is 1. The predicted molar refractivity (Wildman–Crippen MR) is 90.2 cm³/mol. The molecule has 0 aromatic heterocycles. The van der Waals surface area contributed by atoms with E-state index < -0.39 is 0 Å². The molecule has 0 spiro atoms. The quantitative estimate of drug-likeness (QED) is 0.627. The summed E-state index contributed by atoms with van der Waals surface area (Å²) < 4.78 is 5.39. The summed E-state index contributed by atoms with van der Waals surface area (Å²) >= 11 is 0. The molecule has 2 saturated carbocycles. The molecule has 120 valence electrons. The number of nitrogens with one attached hydrogen (secondary N) is 2. The van der Waals surface area contributed by atoms with Crippen molar-refractivity contribution in [1.82, 2.24) is 10.6 Å². The Morgan fingerprint density at radius 2 is 2.05 bits per heavy atom. The van der Waals surface area contributed by atoms with Crippen molar-refractivity contribution >= 4 is 5.96 Å². The molecule has 1 aromatic carbocycles. The molecule has 2 N–H and O–H groups in total. The van der Waals surface area contributed by atoms with Crippen LogP contribution in [0.3, 0.4) is 0 Å². The zero-order valence-electron chi connectivity index (χ0n) is 13.7. The summed E-state index contributed by atoms with van der Waals surface area (Å²) in [6.45, 7) is 1.78. The Kier molecular flexibility index (Phi) is 4.55. The molecule has 4 heteroatoms. The Morgan fingerprint density at radius 3 is 2.64 bits per heavy atom. The monoisotopic (exact) mass is 301 g/mol. The van der Waals surface area contributed by atoms with Crippen LogP contribution in [0, 0.1) is 11.3 Å². The molecule has 22 heavy (non-hydrogen) atoms. The molecule has 4 nitrogen and oxygen atoms in total. The van der Waals surface area contributed by atoms with Gasteiger partial charge in [0, 0.05) is 25.7 Å². The van der Waals surface area contributed by atoms with E-state index in [1.165, 1.54) is 32.1 Å². The maximum atomic E-state index is 5.39. The van der Waals surface area contributed by atoms with Crippen LogP contribution < -0.4 is 15.4 Å². The van der Waals surface area contributed by atoms with Gasteiger partial charge in [0.1, 0.15) is 5.75 Å². The van der Waals surface area contributed by atoms with E-state index in [1.54, 1.807) is 7.11 Å². The highest BCUT2D eigenvalue weighted by Crippen LogP contribution is 2.56. The second-order valence-corrected chi connectivity index (χ2v) is 6.58. The van der Waals surface area contributed by atoms with Crippen molar-refractivity contribution in [3.05, 3.63) is 29.8 Å². The van der Waals surface area contributed by atoms with Crippen LogP contribution in [0.4, 0.5) is 0 Å². The van der Waals surface area contributed by atoms with Crippen molar-refractivity contribution in [2.24, 2.45) is 16.3 Å². The molecule has 0 bridgehead atoms. The Bertz CT molecular complexity index is 533. The van der Waals surface area contributed by atoms with Crippen molar-refractivity contribution < 1.29 is 4.74 Å². The summed E-state index contributed by atoms with van der Waals surface area (Å²) in [5.41, 5.74) is 1.70. The highest BCUT2D eigenvalue weighted by Gasteiger charge is 2.48. The normalized spacial score (nSPS) is 20.2. The zero-order valence-corrected chi connectivity index (χ0v) is 13.7. The number of hydrogen-bond acceptors (Lipinski definition) is 2. The Labute approximate surface area is 133 Å². The Hall–Kier alpha value is -1.71.